The third-order valence-electron chi connectivity index (χ3n) is 6.15. The number of fused-ring (bicyclic) bond motifs is 1. The van der Waals surface area contributed by atoms with Crippen molar-refractivity contribution >= 4 is 22.4 Å². The maximum atomic E-state index is 5.67. The number of nitrogens with zero attached hydrogens (tertiary/aromatic N) is 5. The van der Waals surface area contributed by atoms with Crippen LogP contribution in [0.15, 0.2) is 47.8 Å². The Morgan fingerprint density at radius 2 is 1.97 bits per heavy atom. The second-order valence-corrected chi connectivity index (χ2v) is 8.25. The Kier molecular flexibility index (Phi) is 6.94. The number of nitrogens with two attached hydrogens (primary N) is 1. The molecule has 0 unspecified atom stereocenters. The van der Waals surface area contributed by atoms with Crippen molar-refractivity contribution in [2.75, 3.05) is 44.7 Å². The molecule has 0 saturated carbocycles. The summed E-state index contributed by atoms with van der Waals surface area (Å²) < 4.78 is 0. The van der Waals surface area contributed by atoms with Gasteiger partial charge in [0.1, 0.15) is 12.0 Å². The molecule has 4 rings (SSSR count). The van der Waals surface area contributed by atoms with Crippen molar-refractivity contribution in [3.05, 3.63) is 54.1 Å². The van der Waals surface area contributed by atoms with E-state index in [1.54, 1.807) is 6.33 Å². The lowest BCUT2D eigenvalue weighted by Crippen LogP contribution is -2.36. The number of rotatable bonds is 8. The van der Waals surface area contributed by atoms with E-state index in [-0.39, 0.29) is 0 Å². The number of aliphatic imine (C=N–C) groups is 1. The van der Waals surface area contributed by atoms with Gasteiger partial charge in [0.25, 0.3) is 0 Å². The number of nitrogens with one attached hydrogen (secondary N) is 1. The third kappa shape index (κ3) is 4.94. The highest BCUT2D eigenvalue weighted by molar-refractivity contribution is 6.09. The Bertz CT molecular complexity index is 1000. The number of hydrogen-bond acceptors (Lipinski definition) is 6. The van der Waals surface area contributed by atoms with E-state index in [0.29, 0.717) is 12.5 Å². The lowest BCUT2D eigenvalue weighted by Gasteiger charge is -2.32. The summed E-state index contributed by atoms with van der Waals surface area (Å²) in [4.78, 5) is 21.8. The Labute approximate surface area is 184 Å². The summed E-state index contributed by atoms with van der Waals surface area (Å²) >= 11 is 0. The molecule has 0 bridgehead atoms. The summed E-state index contributed by atoms with van der Waals surface area (Å²) in [5.41, 5.74) is 11.3. The zero-order valence-corrected chi connectivity index (χ0v) is 18.6. The van der Waals surface area contributed by atoms with Gasteiger partial charge in [-0.25, -0.2) is 9.97 Å². The molecule has 1 aliphatic rings. The van der Waals surface area contributed by atoms with Crippen LogP contribution in [0.4, 0.5) is 5.69 Å². The lowest BCUT2D eigenvalue weighted by molar-refractivity contribution is 0.202. The minimum Gasteiger partial charge on any atom is -0.373 e. The summed E-state index contributed by atoms with van der Waals surface area (Å²) in [6.45, 7) is 7.54. The smallest absolute Gasteiger partial charge is 0.141 e. The first-order valence-electron chi connectivity index (χ1n) is 11.2. The summed E-state index contributed by atoms with van der Waals surface area (Å²) in [7, 11) is 2.08. The maximum absolute atomic E-state index is 5.67. The van der Waals surface area contributed by atoms with E-state index < -0.39 is 0 Å². The minimum absolute atomic E-state index is 0.441. The number of hydrogen-bond donors (Lipinski definition) is 2. The molecule has 1 fully saturated rings. The molecule has 31 heavy (non-hydrogen) atoms. The summed E-state index contributed by atoms with van der Waals surface area (Å²) in [6.07, 6.45) is 5.77. The number of aromatic nitrogens is 3. The number of likely N-dealkylation sites (N-methyl/N-ethyl adjacent to an activating group) is 1. The van der Waals surface area contributed by atoms with Crippen molar-refractivity contribution < 1.29 is 0 Å². The highest BCUT2D eigenvalue weighted by atomic mass is 15.1. The molecule has 0 atom stereocenters. The Balaban J connectivity index is 1.39. The quantitative estimate of drug-likeness (QED) is 0.548. The molecule has 0 spiro atoms. The van der Waals surface area contributed by atoms with E-state index in [1.165, 1.54) is 11.3 Å². The van der Waals surface area contributed by atoms with E-state index in [2.05, 4.69) is 69.1 Å². The summed E-state index contributed by atoms with van der Waals surface area (Å²) in [6, 6.07) is 10.9. The van der Waals surface area contributed by atoms with Crippen LogP contribution in [-0.4, -0.2) is 65.3 Å². The van der Waals surface area contributed by atoms with E-state index in [4.69, 9.17) is 10.7 Å². The average Bonchev–Trinajstić information content (AvgIpc) is 3.28. The predicted molar refractivity (Wildman–Crippen MR) is 128 cm³/mol. The molecule has 1 aliphatic heterocycles. The molecule has 7 nitrogen and oxygen atoms in total. The van der Waals surface area contributed by atoms with Gasteiger partial charge in [-0.2, -0.15) is 0 Å². The standard InChI is InChI=1S/C24H33N7/c1-3-26-22(23-21-8-12-27-24(21)29-17-28-23)19-9-13-31(14-10-19)16-18-4-6-20(7-5-18)30(2)15-11-25/h4-8,12,17,19H,3,9-11,13-16,25H2,1-2H3,(H,27,28,29). The molecule has 7 heteroatoms. The second kappa shape index (κ2) is 10.0. The van der Waals surface area contributed by atoms with Crippen LogP contribution in [0, 0.1) is 5.92 Å². The molecule has 3 N–H and O–H groups in total. The van der Waals surface area contributed by atoms with Gasteiger partial charge >= 0.3 is 0 Å². The topological polar surface area (TPSA) is 86.4 Å². The largest absolute Gasteiger partial charge is 0.373 e. The highest BCUT2D eigenvalue weighted by Crippen LogP contribution is 2.26. The minimum atomic E-state index is 0.441. The van der Waals surface area contributed by atoms with Gasteiger partial charge in [0.05, 0.1) is 11.4 Å². The summed E-state index contributed by atoms with van der Waals surface area (Å²) in [5.74, 6) is 0.441. The molecule has 164 valence electrons. The molecule has 0 radical (unpaired) electrons. The fraction of sp³-hybridized carbons (Fsp3) is 0.458. The maximum Gasteiger partial charge on any atom is 0.141 e. The highest BCUT2D eigenvalue weighted by Gasteiger charge is 2.26. The molecule has 0 amide bonds. The molecule has 3 aromatic rings. The molecule has 3 heterocycles. The number of aromatic amines is 1. The van der Waals surface area contributed by atoms with Gasteiger partial charge in [-0.1, -0.05) is 12.1 Å². The zero-order valence-electron chi connectivity index (χ0n) is 18.6. The van der Waals surface area contributed by atoms with Crippen LogP contribution in [0.5, 0.6) is 0 Å². The van der Waals surface area contributed by atoms with E-state index in [0.717, 1.165) is 68.0 Å². The third-order valence-corrected chi connectivity index (χ3v) is 6.15. The fourth-order valence-electron chi connectivity index (χ4n) is 4.45. The van der Waals surface area contributed by atoms with Crippen molar-refractivity contribution in [2.24, 2.45) is 16.6 Å². The van der Waals surface area contributed by atoms with Crippen LogP contribution in [0.25, 0.3) is 11.0 Å². The monoisotopic (exact) mass is 419 g/mol. The van der Waals surface area contributed by atoms with E-state index in [1.807, 2.05) is 6.20 Å². The number of anilines is 1. The molecule has 1 aromatic carbocycles. The first-order chi connectivity index (χ1) is 15.2. The van der Waals surface area contributed by atoms with Crippen molar-refractivity contribution in [3.63, 3.8) is 0 Å². The Morgan fingerprint density at radius 3 is 2.68 bits per heavy atom. The second-order valence-electron chi connectivity index (χ2n) is 8.25. The van der Waals surface area contributed by atoms with Gasteiger partial charge in [0, 0.05) is 56.4 Å². The van der Waals surface area contributed by atoms with E-state index >= 15 is 0 Å². The van der Waals surface area contributed by atoms with E-state index in [9.17, 15) is 0 Å². The first kappa shape index (κ1) is 21.5. The fourth-order valence-corrected chi connectivity index (χ4v) is 4.45. The summed E-state index contributed by atoms with van der Waals surface area (Å²) in [5, 5.41) is 1.07. The number of H-pyrrole nitrogens is 1. The van der Waals surface area contributed by atoms with Crippen molar-refractivity contribution in [1.82, 2.24) is 19.9 Å². The van der Waals surface area contributed by atoms with Crippen LogP contribution < -0.4 is 10.6 Å². The van der Waals surface area contributed by atoms with Gasteiger partial charge in [0.2, 0.25) is 0 Å². The van der Waals surface area contributed by atoms with Gasteiger partial charge in [-0.05, 0) is 56.6 Å². The van der Waals surface area contributed by atoms with Crippen LogP contribution >= 0.6 is 0 Å². The van der Waals surface area contributed by atoms with Crippen molar-refractivity contribution in [1.29, 1.82) is 0 Å². The van der Waals surface area contributed by atoms with Crippen molar-refractivity contribution in [2.45, 2.75) is 26.3 Å². The van der Waals surface area contributed by atoms with Crippen LogP contribution in [0.1, 0.15) is 31.0 Å². The predicted octanol–water partition coefficient (Wildman–Crippen LogP) is 3.07. The van der Waals surface area contributed by atoms with Crippen LogP contribution in [-0.2, 0) is 6.54 Å². The SMILES string of the molecule is CCN=C(c1ncnc2[nH]ccc12)C1CCN(Cc2ccc(N(C)CCN)cc2)CC1. The van der Waals surface area contributed by atoms with Gasteiger partial charge < -0.3 is 15.6 Å². The molecule has 0 aliphatic carbocycles. The normalized spacial score (nSPS) is 16.2. The number of benzene rings is 1. The Morgan fingerprint density at radius 1 is 1.19 bits per heavy atom. The zero-order chi connectivity index (χ0) is 21.6. The molecule has 2 aromatic heterocycles. The molecular formula is C24H33N7. The Hall–Kier alpha value is -2.77. The molecule has 1 saturated heterocycles. The molecular weight excluding hydrogens is 386 g/mol. The lowest BCUT2D eigenvalue weighted by atomic mass is 9.89. The van der Waals surface area contributed by atoms with Gasteiger partial charge in [-0.15, -0.1) is 0 Å². The van der Waals surface area contributed by atoms with Gasteiger partial charge in [0.15, 0.2) is 0 Å². The van der Waals surface area contributed by atoms with Crippen LogP contribution in [0.3, 0.4) is 0 Å². The first-order valence-corrected chi connectivity index (χ1v) is 11.2. The van der Waals surface area contributed by atoms with Crippen molar-refractivity contribution in [3.8, 4) is 0 Å². The number of likely N-dealkylation sites (tertiary alicyclic amines) is 1. The van der Waals surface area contributed by atoms with Crippen LogP contribution in [0.2, 0.25) is 0 Å². The average molecular weight is 420 g/mol. The van der Waals surface area contributed by atoms with Gasteiger partial charge in [-0.3, -0.25) is 9.89 Å². The number of piperidine rings is 1.